The van der Waals surface area contributed by atoms with Crippen molar-refractivity contribution in [2.75, 3.05) is 13.7 Å². The molecule has 3 nitrogen and oxygen atoms in total. The third kappa shape index (κ3) is 5.50. The molecule has 4 heteroatoms. The molecule has 0 atom stereocenters. The zero-order valence-corrected chi connectivity index (χ0v) is 12.4. The van der Waals surface area contributed by atoms with Gasteiger partial charge in [-0.1, -0.05) is 13.8 Å². The number of rotatable bonds is 7. The minimum Gasteiger partial charge on any atom is -0.477 e. The second kappa shape index (κ2) is 7.67. The highest BCUT2D eigenvalue weighted by molar-refractivity contribution is 9.10. The number of nitrogens with zero attached hydrogens (tertiary/aromatic N) is 1. The van der Waals surface area contributed by atoms with E-state index in [0.29, 0.717) is 0 Å². The van der Waals surface area contributed by atoms with Crippen LogP contribution in [0.2, 0.25) is 0 Å². The van der Waals surface area contributed by atoms with Crippen LogP contribution < -0.4 is 10.1 Å². The Morgan fingerprint density at radius 2 is 2.24 bits per heavy atom. The summed E-state index contributed by atoms with van der Waals surface area (Å²) in [6.45, 7) is 5.96. The van der Waals surface area contributed by atoms with Crippen LogP contribution in [0.4, 0.5) is 0 Å². The number of aromatic nitrogens is 1. The van der Waals surface area contributed by atoms with Gasteiger partial charge in [-0.15, -0.1) is 0 Å². The lowest BCUT2D eigenvalue weighted by Crippen LogP contribution is -2.09. The molecule has 1 aromatic rings. The van der Waals surface area contributed by atoms with Gasteiger partial charge in [-0.2, -0.15) is 0 Å². The van der Waals surface area contributed by atoms with Crippen LogP contribution in [-0.2, 0) is 6.54 Å². The van der Waals surface area contributed by atoms with Crippen LogP contribution in [0.5, 0.6) is 5.88 Å². The molecule has 0 aliphatic rings. The maximum Gasteiger partial charge on any atom is 0.217 e. The van der Waals surface area contributed by atoms with Crippen molar-refractivity contribution in [1.29, 1.82) is 0 Å². The average molecular weight is 301 g/mol. The zero-order valence-electron chi connectivity index (χ0n) is 10.8. The molecule has 1 aromatic heterocycles. The molecular weight excluding hydrogens is 280 g/mol. The van der Waals surface area contributed by atoms with Crippen LogP contribution in [0.25, 0.3) is 0 Å². The van der Waals surface area contributed by atoms with Gasteiger partial charge < -0.3 is 10.1 Å². The highest BCUT2D eigenvalue weighted by atomic mass is 79.9. The van der Waals surface area contributed by atoms with Crippen LogP contribution in [0, 0.1) is 5.92 Å². The molecule has 17 heavy (non-hydrogen) atoms. The first-order valence-corrected chi connectivity index (χ1v) is 6.84. The molecule has 96 valence electrons. The number of ether oxygens (including phenoxy) is 1. The van der Waals surface area contributed by atoms with Gasteiger partial charge in [-0.3, -0.25) is 0 Å². The van der Waals surface area contributed by atoms with E-state index in [-0.39, 0.29) is 0 Å². The van der Waals surface area contributed by atoms with Crippen molar-refractivity contribution in [3.05, 3.63) is 22.3 Å². The summed E-state index contributed by atoms with van der Waals surface area (Å²) < 4.78 is 6.71. The number of nitrogens with one attached hydrogen (secondary N) is 1. The maximum atomic E-state index is 5.72. The molecule has 0 radical (unpaired) electrons. The summed E-state index contributed by atoms with van der Waals surface area (Å²) in [5.41, 5.74) is 1.09. The van der Waals surface area contributed by atoms with Gasteiger partial charge in [0.1, 0.15) is 0 Å². The van der Waals surface area contributed by atoms with E-state index < -0.39 is 0 Å². The van der Waals surface area contributed by atoms with E-state index in [0.717, 1.165) is 41.4 Å². The van der Waals surface area contributed by atoms with Gasteiger partial charge in [0.15, 0.2) is 0 Å². The van der Waals surface area contributed by atoms with Crippen LogP contribution in [0.1, 0.15) is 32.3 Å². The third-order valence-electron chi connectivity index (χ3n) is 2.42. The Morgan fingerprint density at radius 3 is 2.88 bits per heavy atom. The van der Waals surface area contributed by atoms with E-state index in [1.807, 2.05) is 13.1 Å². The van der Waals surface area contributed by atoms with Crippen molar-refractivity contribution in [3.8, 4) is 5.88 Å². The third-order valence-corrected chi connectivity index (χ3v) is 2.86. The SMILES string of the molecule is CNCc1cc(Br)cnc1OCCCC(C)C. The Bertz CT molecular complexity index is 342. The lowest BCUT2D eigenvalue weighted by Gasteiger charge is -2.11. The zero-order chi connectivity index (χ0) is 12.7. The van der Waals surface area contributed by atoms with Gasteiger partial charge in [-0.25, -0.2) is 4.98 Å². The second-order valence-corrected chi connectivity index (χ2v) is 5.45. The largest absolute Gasteiger partial charge is 0.477 e. The lowest BCUT2D eigenvalue weighted by atomic mass is 10.1. The molecule has 0 saturated carbocycles. The topological polar surface area (TPSA) is 34.2 Å². The molecule has 0 unspecified atom stereocenters. The molecule has 1 rings (SSSR count). The molecule has 1 heterocycles. The fourth-order valence-electron chi connectivity index (χ4n) is 1.58. The van der Waals surface area contributed by atoms with Crippen molar-refractivity contribution >= 4 is 15.9 Å². The summed E-state index contributed by atoms with van der Waals surface area (Å²) in [6, 6.07) is 2.04. The molecule has 0 spiro atoms. The lowest BCUT2D eigenvalue weighted by molar-refractivity contribution is 0.283. The Hall–Kier alpha value is -0.610. The number of pyridine rings is 1. The van der Waals surface area contributed by atoms with Crippen molar-refractivity contribution in [2.24, 2.45) is 5.92 Å². The predicted octanol–water partition coefficient (Wildman–Crippen LogP) is 3.38. The minimum atomic E-state index is 0.730. The summed E-state index contributed by atoms with van der Waals surface area (Å²) in [5, 5.41) is 3.12. The Labute approximate surface area is 112 Å². The summed E-state index contributed by atoms with van der Waals surface area (Å²) >= 11 is 3.42. The Balaban J connectivity index is 2.51. The van der Waals surface area contributed by atoms with Crippen LogP contribution >= 0.6 is 15.9 Å². The van der Waals surface area contributed by atoms with Gasteiger partial charge in [0.25, 0.3) is 0 Å². The van der Waals surface area contributed by atoms with E-state index in [9.17, 15) is 0 Å². The van der Waals surface area contributed by atoms with Gasteiger partial charge in [0.05, 0.1) is 6.61 Å². The first-order chi connectivity index (χ1) is 8.13. The predicted molar refractivity (Wildman–Crippen MR) is 74.3 cm³/mol. The van der Waals surface area contributed by atoms with Gasteiger partial charge >= 0.3 is 0 Å². The molecule has 0 aliphatic carbocycles. The van der Waals surface area contributed by atoms with Crippen molar-refractivity contribution in [1.82, 2.24) is 10.3 Å². The standard InChI is InChI=1S/C13H21BrN2O/c1-10(2)5-4-6-17-13-11(8-15-3)7-12(14)9-16-13/h7,9-10,15H,4-6,8H2,1-3H3. The van der Waals surface area contributed by atoms with E-state index in [1.54, 1.807) is 6.20 Å². The average Bonchev–Trinajstić information content (AvgIpc) is 2.27. The minimum absolute atomic E-state index is 0.730. The summed E-state index contributed by atoms with van der Waals surface area (Å²) in [6.07, 6.45) is 4.04. The normalized spacial score (nSPS) is 10.9. The Morgan fingerprint density at radius 1 is 1.47 bits per heavy atom. The van der Waals surface area contributed by atoms with Crippen LogP contribution in [0.15, 0.2) is 16.7 Å². The van der Waals surface area contributed by atoms with E-state index in [4.69, 9.17) is 4.74 Å². The van der Waals surface area contributed by atoms with Gasteiger partial charge in [0.2, 0.25) is 5.88 Å². The fraction of sp³-hybridized carbons (Fsp3) is 0.615. The number of halogens is 1. The maximum absolute atomic E-state index is 5.72. The molecular formula is C13H21BrN2O. The fourth-order valence-corrected chi connectivity index (χ4v) is 1.95. The van der Waals surface area contributed by atoms with Gasteiger partial charge in [-0.05, 0) is 47.8 Å². The smallest absolute Gasteiger partial charge is 0.217 e. The van der Waals surface area contributed by atoms with Crippen molar-refractivity contribution < 1.29 is 4.74 Å². The molecule has 0 saturated heterocycles. The van der Waals surface area contributed by atoms with Crippen LogP contribution in [0.3, 0.4) is 0 Å². The summed E-state index contributed by atoms with van der Waals surface area (Å²) in [5.74, 6) is 1.47. The molecule has 0 fully saturated rings. The summed E-state index contributed by atoms with van der Waals surface area (Å²) in [4.78, 5) is 4.30. The molecule has 1 N–H and O–H groups in total. The van der Waals surface area contributed by atoms with Crippen molar-refractivity contribution in [2.45, 2.75) is 33.2 Å². The summed E-state index contributed by atoms with van der Waals surface area (Å²) in [7, 11) is 1.92. The van der Waals surface area contributed by atoms with Gasteiger partial charge in [0, 0.05) is 22.8 Å². The number of hydrogen-bond acceptors (Lipinski definition) is 3. The van der Waals surface area contributed by atoms with Crippen LogP contribution in [-0.4, -0.2) is 18.6 Å². The van der Waals surface area contributed by atoms with Crippen molar-refractivity contribution in [3.63, 3.8) is 0 Å². The highest BCUT2D eigenvalue weighted by Crippen LogP contribution is 2.20. The first-order valence-electron chi connectivity index (χ1n) is 6.05. The Kier molecular flexibility index (Phi) is 6.52. The second-order valence-electron chi connectivity index (χ2n) is 4.53. The highest BCUT2D eigenvalue weighted by Gasteiger charge is 2.05. The molecule has 0 amide bonds. The van der Waals surface area contributed by atoms with E-state index in [1.165, 1.54) is 6.42 Å². The molecule has 0 aromatic carbocycles. The molecule has 0 bridgehead atoms. The monoisotopic (exact) mass is 300 g/mol. The molecule has 0 aliphatic heterocycles. The van der Waals surface area contributed by atoms with E-state index >= 15 is 0 Å². The first kappa shape index (κ1) is 14.5. The number of hydrogen-bond donors (Lipinski definition) is 1. The van der Waals surface area contributed by atoms with E-state index in [2.05, 4.69) is 40.1 Å². The quantitative estimate of drug-likeness (QED) is 0.784.